The number of carbonyl (C=O) groups excluding carboxylic acids is 2. The number of aromatic hydroxyl groups is 1. The van der Waals surface area contributed by atoms with Crippen LogP contribution in [0.4, 0.5) is 10.1 Å². The first kappa shape index (κ1) is 22.1. The maximum atomic E-state index is 13.0. The Labute approximate surface area is 198 Å². The van der Waals surface area contributed by atoms with E-state index in [1.54, 1.807) is 22.8 Å². The summed E-state index contributed by atoms with van der Waals surface area (Å²) in [5, 5.41) is 21.6. The number of halogens is 1. The van der Waals surface area contributed by atoms with E-state index in [1.165, 1.54) is 12.1 Å². The number of ether oxygens (including phenoxy) is 2. The van der Waals surface area contributed by atoms with Gasteiger partial charge in [0.05, 0.1) is 12.1 Å². The third kappa shape index (κ3) is 4.54. The Morgan fingerprint density at radius 2 is 1.80 bits per heavy atom. The zero-order valence-corrected chi connectivity index (χ0v) is 18.3. The molecule has 0 bridgehead atoms. The van der Waals surface area contributed by atoms with Gasteiger partial charge < -0.3 is 24.5 Å². The number of para-hydroxylation sites is 1. The highest BCUT2D eigenvalue weighted by Crippen LogP contribution is 2.40. The number of fused-ring (bicyclic) bond motifs is 2. The summed E-state index contributed by atoms with van der Waals surface area (Å²) in [6, 6.07) is 17.6. The molecule has 1 aliphatic heterocycles. The molecule has 2 heterocycles. The predicted molar refractivity (Wildman–Crippen MR) is 124 cm³/mol. The summed E-state index contributed by atoms with van der Waals surface area (Å²) in [6.45, 7) is 0.0793. The van der Waals surface area contributed by atoms with E-state index < -0.39 is 24.2 Å². The molecule has 3 aromatic carbocycles. The fraction of sp³-hybridized carbons (Fsp3) is 0.120. The molecule has 0 saturated heterocycles. The van der Waals surface area contributed by atoms with Gasteiger partial charge in [-0.2, -0.15) is 0 Å². The minimum absolute atomic E-state index is 0.138. The normalized spacial score (nSPS) is 12.4. The van der Waals surface area contributed by atoms with Crippen LogP contribution in [0.25, 0.3) is 10.9 Å². The van der Waals surface area contributed by atoms with Crippen molar-refractivity contribution < 1.29 is 28.6 Å². The van der Waals surface area contributed by atoms with Crippen molar-refractivity contribution in [1.82, 2.24) is 9.88 Å². The molecule has 0 fully saturated rings. The van der Waals surface area contributed by atoms with E-state index in [0.717, 1.165) is 17.7 Å². The van der Waals surface area contributed by atoms with Crippen LogP contribution in [-0.4, -0.2) is 34.8 Å². The number of hydrogen-bond acceptors (Lipinski definition) is 6. The lowest BCUT2D eigenvalue weighted by atomic mass is 10.2. The average molecular weight is 474 g/mol. The van der Waals surface area contributed by atoms with Crippen molar-refractivity contribution in [1.29, 1.82) is 0 Å². The van der Waals surface area contributed by atoms with Crippen molar-refractivity contribution in [2.45, 2.75) is 6.54 Å². The fourth-order valence-corrected chi connectivity index (χ4v) is 3.75. The molecule has 5 rings (SSSR count). The minimum Gasteiger partial charge on any atom is -0.493 e. The molecular weight excluding hydrogens is 455 g/mol. The SMILES string of the molecule is O=C(CNC(=O)c1ccc(F)cc1)N=Nc1c(O)n(Cc2ccc3c(c2)OCO3)c2ccccc12. The number of aromatic nitrogens is 1. The largest absolute Gasteiger partial charge is 0.493 e. The lowest BCUT2D eigenvalue weighted by Crippen LogP contribution is -2.28. The second-order valence-electron chi connectivity index (χ2n) is 7.75. The molecule has 0 unspecified atom stereocenters. The van der Waals surface area contributed by atoms with Crippen molar-refractivity contribution in [3.8, 4) is 17.4 Å². The first-order valence-electron chi connectivity index (χ1n) is 10.7. The average Bonchev–Trinajstić information content (AvgIpc) is 3.44. The Bertz CT molecular complexity index is 1460. The summed E-state index contributed by atoms with van der Waals surface area (Å²) in [6.07, 6.45) is 0. The van der Waals surface area contributed by atoms with Crippen molar-refractivity contribution in [2.24, 2.45) is 10.2 Å². The number of azo groups is 1. The molecule has 0 atom stereocenters. The number of benzene rings is 3. The van der Waals surface area contributed by atoms with Gasteiger partial charge in [0, 0.05) is 10.9 Å². The van der Waals surface area contributed by atoms with Gasteiger partial charge in [-0.25, -0.2) is 4.39 Å². The predicted octanol–water partition coefficient (Wildman–Crippen LogP) is 4.30. The van der Waals surface area contributed by atoms with E-state index in [-0.39, 0.29) is 23.9 Å². The quantitative estimate of drug-likeness (QED) is 0.405. The van der Waals surface area contributed by atoms with Gasteiger partial charge in [-0.3, -0.25) is 9.59 Å². The van der Waals surface area contributed by atoms with Crippen LogP contribution < -0.4 is 14.8 Å². The van der Waals surface area contributed by atoms with Gasteiger partial charge in [-0.05, 0) is 48.0 Å². The molecule has 0 radical (unpaired) electrons. The number of nitrogens with one attached hydrogen (secondary N) is 1. The van der Waals surface area contributed by atoms with Gasteiger partial charge in [0.2, 0.25) is 12.7 Å². The Balaban J connectivity index is 1.33. The Morgan fingerprint density at radius 3 is 2.63 bits per heavy atom. The number of rotatable bonds is 6. The Hall–Kier alpha value is -4.73. The van der Waals surface area contributed by atoms with Crippen molar-refractivity contribution >= 4 is 28.4 Å². The van der Waals surface area contributed by atoms with Crippen LogP contribution in [-0.2, 0) is 11.3 Å². The molecule has 176 valence electrons. The number of nitrogens with zero attached hydrogens (tertiary/aromatic N) is 3. The molecule has 35 heavy (non-hydrogen) atoms. The third-order valence-corrected chi connectivity index (χ3v) is 5.46. The van der Waals surface area contributed by atoms with E-state index in [1.807, 2.05) is 24.3 Å². The van der Waals surface area contributed by atoms with Gasteiger partial charge in [-0.15, -0.1) is 10.2 Å². The van der Waals surface area contributed by atoms with Crippen LogP contribution in [0.15, 0.2) is 77.0 Å². The lowest BCUT2D eigenvalue weighted by Gasteiger charge is -2.08. The summed E-state index contributed by atoms with van der Waals surface area (Å²) in [5.41, 5.74) is 1.92. The molecule has 9 nitrogen and oxygen atoms in total. The molecule has 2 N–H and O–H groups in total. The van der Waals surface area contributed by atoms with Crippen LogP contribution in [0.2, 0.25) is 0 Å². The summed E-state index contributed by atoms with van der Waals surface area (Å²) in [4.78, 5) is 24.3. The van der Waals surface area contributed by atoms with Crippen molar-refractivity contribution in [3.63, 3.8) is 0 Å². The minimum atomic E-state index is -0.715. The van der Waals surface area contributed by atoms with E-state index >= 15 is 0 Å². The van der Waals surface area contributed by atoms with E-state index in [2.05, 4.69) is 15.5 Å². The smallest absolute Gasteiger partial charge is 0.283 e. The molecule has 1 aliphatic rings. The maximum Gasteiger partial charge on any atom is 0.283 e. The standard InChI is InChI=1S/C25H19FN4O5/c26-17-8-6-16(7-9-17)24(32)27-12-22(31)28-29-23-18-3-1-2-4-19(18)30(25(23)33)13-15-5-10-20-21(11-15)35-14-34-20/h1-11,33H,12-14H2,(H,27,32). The van der Waals surface area contributed by atoms with Crippen LogP contribution >= 0.6 is 0 Å². The summed E-state index contributed by atoms with van der Waals surface area (Å²) < 4.78 is 25.4. The van der Waals surface area contributed by atoms with E-state index in [9.17, 15) is 19.1 Å². The number of amides is 2. The van der Waals surface area contributed by atoms with Gasteiger partial charge >= 0.3 is 0 Å². The molecular formula is C25H19FN4O5. The highest BCUT2D eigenvalue weighted by Gasteiger charge is 2.19. The number of hydrogen-bond donors (Lipinski definition) is 2. The van der Waals surface area contributed by atoms with E-state index in [4.69, 9.17) is 9.47 Å². The van der Waals surface area contributed by atoms with Gasteiger partial charge in [0.25, 0.3) is 11.8 Å². The van der Waals surface area contributed by atoms with Crippen LogP contribution in [0.3, 0.4) is 0 Å². The molecule has 0 spiro atoms. The third-order valence-electron chi connectivity index (χ3n) is 5.46. The van der Waals surface area contributed by atoms with Crippen molar-refractivity contribution in [3.05, 3.63) is 83.7 Å². The molecule has 0 saturated carbocycles. The van der Waals surface area contributed by atoms with Gasteiger partial charge in [-0.1, -0.05) is 24.3 Å². The Kier molecular flexibility index (Phi) is 5.84. The van der Waals surface area contributed by atoms with Crippen LogP contribution in [0, 0.1) is 5.82 Å². The second kappa shape index (κ2) is 9.26. The zero-order chi connectivity index (χ0) is 24.4. The summed E-state index contributed by atoms with van der Waals surface area (Å²) in [7, 11) is 0. The topological polar surface area (TPSA) is 115 Å². The molecule has 1 aromatic heterocycles. The molecule has 4 aromatic rings. The summed E-state index contributed by atoms with van der Waals surface area (Å²) >= 11 is 0. The van der Waals surface area contributed by atoms with Gasteiger partial charge in [0.1, 0.15) is 12.4 Å². The highest BCUT2D eigenvalue weighted by atomic mass is 19.1. The first-order chi connectivity index (χ1) is 17.0. The van der Waals surface area contributed by atoms with Crippen LogP contribution in [0.1, 0.15) is 15.9 Å². The van der Waals surface area contributed by atoms with E-state index in [0.29, 0.717) is 28.9 Å². The number of carbonyl (C=O) groups is 2. The highest BCUT2D eigenvalue weighted by molar-refractivity contribution is 5.97. The molecule has 2 amide bonds. The maximum absolute atomic E-state index is 13.0. The monoisotopic (exact) mass is 474 g/mol. The molecule has 10 heteroatoms. The summed E-state index contributed by atoms with van der Waals surface area (Å²) in [5.74, 6) is -0.592. The van der Waals surface area contributed by atoms with Gasteiger partial charge in [0.15, 0.2) is 17.2 Å². The first-order valence-corrected chi connectivity index (χ1v) is 10.7. The van der Waals surface area contributed by atoms with Crippen molar-refractivity contribution in [2.75, 3.05) is 13.3 Å². The lowest BCUT2D eigenvalue weighted by molar-refractivity contribution is -0.117. The Morgan fingerprint density at radius 1 is 1.03 bits per heavy atom. The van der Waals surface area contributed by atoms with Crippen LogP contribution in [0.5, 0.6) is 17.4 Å². The second-order valence-corrected chi connectivity index (χ2v) is 7.75. The zero-order valence-electron chi connectivity index (χ0n) is 18.3. The fourth-order valence-electron chi connectivity index (χ4n) is 3.75. The molecule has 0 aliphatic carbocycles.